The molecule has 1 aromatic carbocycles. The Morgan fingerprint density at radius 1 is 1.24 bits per heavy atom. The lowest BCUT2D eigenvalue weighted by Crippen LogP contribution is -2.17. The number of carbonyl (C=O) groups excluding carboxylic acids is 1. The van der Waals surface area contributed by atoms with Crippen LogP contribution in [0.2, 0.25) is 0 Å². The summed E-state index contributed by atoms with van der Waals surface area (Å²) in [5.74, 6) is 0.280. The third kappa shape index (κ3) is 4.31. The molecule has 0 fully saturated rings. The first-order valence-corrected chi connectivity index (χ1v) is 6.26. The van der Waals surface area contributed by atoms with Crippen molar-refractivity contribution in [2.24, 2.45) is 10.9 Å². The van der Waals surface area contributed by atoms with E-state index in [-0.39, 0.29) is 12.3 Å². The van der Waals surface area contributed by atoms with Gasteiger partial charge < -0.3 is 15.3 Å². The predicted octanol–water partition coefficient (Wildman–Crippen LogP) is 1.50. The lowest BCUT2D eigenvalue weighted by atomic mass is 10.1. The Morgan fingerprint density at radius 2 is 2.00 bits per heavy atom. The molecular weight excluding hydrogens is 270 g/mol. The molecular formula is C15H15N3O3. The molecule has 0 bridgehead atoms. The summed E-state index contributed by atoms with van der Waals surface area (Å²) >= 11 is 0. The van der Waals surface area contributed by atoms with Crippen molar-refractivity contribution in [1.82, 2.24) is 4.98 Å². The highest BCUT2D eigenvalue weighted by Gasteiger charge is 2.06. The quantitative estimate of drug-likeness (QED) is 0.389. The second kappa shape index (κ2) is 7.04. The fraction of sp³-hybridized carbons (Fsp3) is 0.133. The van der Waals surface area contributed by atoms with Gasteiger partial charge in [0.15, 0.2) is 5.84 Å². The zero-order valence-electron chi connectivity index (χ0n) is 11.5. The monoisotopic (exact) mass is 285 g/mol. The van der Waals surface area contributed by atoms with Gasteiger partial charge in [0, 0.05) is 6.20 Å². The number of hydrogen-bond donors (Lipinski definition) is 1. The van der Waals surface area contributed by atoms with Crippen LogP contribution in [0.1, 0.15) is 11.3 Å². The Balaban J connectivity index is 1.92. The molecule has 0 amide bonds. The van der Waals surface area contributed by atoms with E-state index in [9.17, 15) is 4.79 Å². The van der Waals surface area contributed by atoms with E-state index in [1.54, 1.807) is 55.8 Å². The number of ether oxygens (including phenoxy) is 1. The first-order chi connectivity index (χ1) is 10.2. The second-order valence-corrected chi connectivity index (χ2v) is 4.18. The van der Waals surface area contributed by atoms with Gasteiger partial charge in [0.05, 0.1) is 13.5 Å². The Morgan fingerprint density at radius 3 is 2.62 bits per heavy atom. The lowest BCUT2D eigenvalue weighted by Gasteiger charge is -2.02. The minimum Gasteiger partial charge on any atom is -0.497 e. The molecule has 2 aromatic rings. The molecule has 1 heterocycles. The minimum atomic E-state index is -0.501. The smallest absolute Gasteiger partial charge is 0.339 e. The normalized spacial score (nSPS) is 11.0. The van der Waals surface area contributed by atoms with Gasteiger partial charge >= 0.3 is 5.97 Å². The number of rotatable bonds is 5. The second-order valence-electron chi connectivity index (χ2n) is 4.18. The molecule has 2 N–H and O–H groups in total. The maximum atomic E-state index is 11.7. The molecule has 6 nitrogen and oxygen atoms in total. The molecule has 0 unspecified atom stereocenters. The summed E-state index contributed by atoms with van der Waals surface area (Å²) in [4.78, 5) is 20.4. The fourth-order valence-corrected chi connectivity index (χ4v) is 1.60. The standard InChI is InChI=1S/C15H15N3O3/c1-20-12-7-5-11(6-8-12)10-14(19)21-18-15(16)13-4-2-3-9-17-13/h2-9H,10H2,1H3,(H2,16,18). The van der Waals surface area contributed by atoms with Crippen LogP contribution >= 0.6 is 0 Å². The van der Waals surface area contributed by atoms with Crippen LogP contribution in [-0.4, -0.2) is 23.9 Å². The number of hydrogen-bond acceptors (Lipinski definition) is 5. The third-order valence-electron chi connectivity index (χ3n) is 2.68. The zero-order chi connectivity index (χ0) is 15.1. The van der Waals surface area contributed by atoms with Crippen molar-refractivity contribution in [2.45, 2.75) is 6.42 Å². The van der Waals surface area contributed by atoms with E-state index in [0.29, 0.717) is 5.69 Å². The van der Waals surface area contributed by atoms with Gasteiger partial charge in [-0.05, 0) is 29.8 Å². The Labute approximate surface area is 122 Å². The molecule has 6 heteroatoms. The van der Waals surface area contributed by atoms with Crippen LogP contribution in [0.25, 0.3) is 0 Å². The maximum Gasteiger partial charge on any atom is 0.339 e. The highest BCUT2D eigenvalue weighted by molar-refractivity contribution is 5.95. The highest BCUT2D eigenvalue weighted by Crippen LogP contribution is 2.12. The predicted molar refractivity (Wildman–Crippen MR) is 77.8 cm³/mol. The van der Waals surface area contributed by atoms with E-state index >= 15 is 0 Å². The van der Waals surface area contributed by atoms with Gasteiger partial charge in [0.25, 0.3) is 0 Å². The summed E-state index contributed by atoms with van der Waals surface area (Å²) < 4.78 is 5.04. The lowest BCUT2D eigenvalue weighted by molar-refractivity contribution is -0.142. The molecule has 0 aliphatic rings. The molecule has 108 valence electrons. The molecule has 21 heavy (non-hydrogen) atoms. The van der Waals surface area contributed by atoms with E-state index in [1.165, 1.54) is 0 Å². The van der Waals surface area contributed by atoms with Crippen molar-refractivity contribution in [3.63, 3.8) is 0 Å². The average Bonchev–Trinajstić information content (AvgIpc) is 2.54. The first-order valence-electron chi connectivity index (χ1n) is 6.26. The Hall–Kier alpha value is -2.89. The number of benzene rings is 1. The topological polar surface area (TPSA) is 86.8 Å². The average molecular weight is 285 g/mol. The maximum absolute atomic E-state index is 11.7. The Bertz CT molecular complexity index is 624. The van der Waals surface area contributed by atoms with E-state index in [0.717, 1.165) is 11.3 Å². The van der Waals surface area contributed by atoms with Crippen LogP contribution in [0, 0.1) is 0 Å². The summed E-state index contributed by atoms with van der Waals surface area (Å²) in [5.41, 5.74) is 6.92. The minimum absolute atomic E-state index is 0.0543. The van der Waals surface area contributed by atoms with Crippen molar-refractivity contribution in [2.75, 3.05) is 7.11 Å². The fourth-order valence-electron chi connectivity index (χ4n) is 1.60. The van der Waals surface area contributed by atoms with Crippen LogP contribution in [0.3, 0.4) is 0 Å². The molecule has 1 aromatic heterocycles. The summed E-state index contributed by atoms with van der Waals surface area (Å²) in [7, 11) is 1.58. The molecule has 0 saturated carbocycles. The number of amidine groups is 1. The van der Waals surface area contributed by atoms with E-state index in [1.807, 2.05) is 0 Å². The van der Waals surface area contributed by atoms with Crippen molar-refractivity contribution in [3.8, 4) is 5.75 Å². The number of carbonyl (C=O) groups is 1. The molecule has 0 atom stereocenters. The van der Waals surface area contributed by atoms with Crippen LogP contribution < -0.4 is 10.5 Å². The van der Waals surface area contributed by atoms with Crippen molar-refractivity contribution < 1.29 is 14.4 Å². The van der Waals surface area contributed by atoms with Gasteiger partial charge in [-0.1, -0.05) is 23.4 Å². The molecule has 0 saturated heterocycles. The molecule has 0 aliphatic carbocycles. The Kier molecular flexibility index (Phi) is 4.87. The molecule has 0 spiro atoms. The number of nitrogens with zero attached hydrogens (tertiary/aromatic N) is 2. The summed E-state index contributed by atoms with van der Waals surface area (Å²) in [5, 5.41) is 3.58. The van der Waals surface area contributed by atoms with E-state index in [4.69, 9.17) is 15.3 Å². The van der Waals surface area contributed by atoms with Crippen LogP contribution in [-0.2, 0) is 16.1 Å². The molecule has 0 aliphatic heterocycles. The molecule has 0 radical (unpaired) electrons. The summed E-state index contributed by atoms with van der Waals surface area (Å²) in [6, 6.07) is 12.3. The van der Waals surface area contributed by atoms with Crippen molar-refractivity contribution >= 4 is 11.8 Å². The van der Waals surface area contributed by atoms with Gasteiger partial charge in [-0.3, -0.25) is 4.98 Å². The largest absolute Gasteiger partial charge is 0.497 e. The van der Waals surface area contributed by atoms with E-state index < -0.39 is 5.97 Å². The van der Waals surface area contributed by atoms with Gasteiger partial charge in [-0.2, -0.15) is 0 Å². The van der Waals surface area contributed by atoms with E-state index in [2.05, 4.69) is 10.1 Å². The van der Waals surface area contributed by atoms with Gasteiger partial charge in [-0.25, -0.2) is 4.79 Å². The summed E-state index contributed by atoms with van der Waals surface area (Å²) in [6.45, 7) is 0. The first kappa shape index (κ1) is 14.5. The summed E-state index contributed by atoms with van der Waals surface area (Å²) in [6.07, 6.45) is 1.68. The number of pyridine rings is 1. The van der Waals surface area contributed by atoms with Crippen LogP contribution in [0.5, 0.6) is 5.75 Å². The molecule has 2 rings (SSSR count). The van der Waals surface area contributed by atoms with Gasteiger partial charge in [0.1, 0.15) is 11.4 Å². The number of oxime groups is 1. The number of methoxy groups -OCH3 is 1. The number of nitrogens with two attached hydrogens (primary N) is 1. The van der Waals surface area contributed by atoms with Crippen molar-refractivity contribution in [3.05, 3.63) is 59.9 Å². The zero-order valence-corrected chi connectivity index (χ0v) is 11.5. The highest BCUT2D eigenvalue weighted by atomic mass is 16.7. The number of aromatic nitrogens is 1. The van der Waals surface area contributed by atoms with Crippen LogP contribution in [0.15, 0.2) is 53.8 Å². The van der Waals surface area contributed by atoms with Gasteiger partial charge in [0.2, 0.25) is 0 Å². The SMILES string of the molecule is COc1ccc(CC(=O)O/N=C(\N)c2ccccn2)cc1. The van der Waals surface area contributed by atoms with Gasteiger partial charge in [-0.15, -0.1) is 0 Å². The van der Waals surface area contributed by atoms with Crippen molar-refractivity contribution in [1.29, 1.82) is 0 Å². The van der Waals surface area contributed by atoms with Crippen LogP contribution in [0.4, 0.5) is 0 Å². The third-order valence-corrected chi connectivity index (χ3v) is 2.68.